The Morgan fingerprint density at radius 1 is 1.56 bits per heavy atom. The van der Waals surface area contributed by atoms with E-state index in [0.29, 0.717) is 13.0 Å². The van der Waals surface area contributed by atoms with Gasteiger partial charge in [0.05, 0.1) is 5.92 Å². The van der Waals surface area contributed by atoms with E-state index in [0.717, 1.165) is 11.3 Å². The first-order valence-electron chi connectivity index (χ1n) is 5.90. The van der Waals surface area contributed by atoms with Gasteiger partial charge >= 0.3 is 5.97 Å². The minimum absolute atomic E-state index is 0.177. The highest BCUT2D eigenvalue weighted by Gasteiger charge is 2.31. The van der Waals surface area contributed by atoms with Gasteiger partial charge in [0.25, 0.3) is 0 Å². The van der Waals surface area contributed by atoms with Crippen LogP contribution in [0.4, 0.5) is 0 Å². The van der Waals surface area contributed by atoms with Crippen LogP contribution in [-0.4, -0.2) is 35.0 Å². The highest BCUT2D eigenvalue weighted by atomic mass is 32.1. The van der Waals surface area contributed by atoms with Crippen LogP contribution < -0.4 is 5.73 Å². The largest absolute Gasteiger partial charge is 0.481 e. The summed E-state index contributed by atoms with van der Waals surface area (Å²) >= 11 is 1.44. The zero-order chi connectivity index (χ0) is 13.1. The third-order valence-electron chi connectivity index (χ3n) is 3.20. The van der Waals surface area contributed by atoms with Gasteiger partial charge in [0, 0.05) is 18.0 Å². The number of carboxylic acids is 1. The van der Waals surface area contributed by atoms with Crippen LogP contribution in [0.5, 0.6) is 0 Å². The second kappa shape index (κ2) is 5.49. The quantitative estimate of drug-likeness (QED) is 0.859. The Hall–Kier alpha value is -1.40. The molecule has 0 bridgehead atoms. The summed E-state index contributed by atoms with van der Waals surface area (Å²) in [4.78, 5) is 25.5. The number of hydrogen-bond acceptors (Lipinski definition) is 4. The van der Waals surface area contributed by atoms with Gasteiger partial charge in [-0.2, -0.15) is 0 Å². The van der Waals surface area contributed by atoms with Crippen molar-refractivity contribution >= 4 is 23.2 Å². The highest BCUT2D eigenvalue weighted by molar-refractivity contribution is 7.10. The van der Waals surface area contributed by atoms with Gasteiger partial charge in [-0.15, -0.1) is 11.3 Å². The van der Waals surface area contributed by atoms with Crippen LogP contribution in [0.1, 0.15) is 23.8 Å². The summed E-state index contributed by atoms with van der Waals surface area (Å²) in [5, 5.41) is 10.9. The van der Waals surface area contributed by atoms with Crippen LogP contribution in [-0.2, 0) is 9.59 Å². The molecule has 1 aromatic heterocycles. The number of nitrogens with zero attached hydrogens (tertiary/aromatic N) is 1. The van der Waals surface area contributed by atoms with Crippen LogP contribution in [0.25, 0.3) is 0 Å². The highest BCUT2D eigenvalue weighted by Crippen LogP contribution is 2.23. The third kappa shape index (κ3) is 2.70. The molecule has 1 amide bonds. The Labute approximate surface area is 109 Å². The van der Waals surface area contributed by atoms with Gasteiger partial charge in [0.15, 0.2) is 0 Å². The summed E-state index contributed by atoms with van der Waals surface area (Å²) in [6.07, 6.45) is 1.35. The molecule has 2 unspecified atom stereocenters. The topological polar surface area (TPSA) is 83.6 Å². The first-order valence-corrected chi connectivity index (χ1v) is 6.78. The van der Waals surface area contributed by atoms with Crippen molar-refractivity contribution in [2.75, 3.05) is 13.1 Å². The summed E-state index contributed by atoms with van der Waals surface area (Å²) in [7, 11) is 0. The van der Waals surface area contributed by atoms with Gasteiger partial charge < -0.3 is 15.7 Å². The molecule has 18 heavy (non-hydrogen) atoms. The molecule has 0 spiro atoms. The molecule has 6 heteroatoms. The molecule has 5 nitrogen and oxygen atoms in total. The number of carbonyl (C=O) groups is 2. The first-order chi connectivity index (χ1) is 8.59. The van der Waals surface area contributed by atoms with E-state index < -0.39 is 17.9 Å². The fraction of sp³-hybridized carbons (Fsp3) is 0.500. The van der Waals surface area contributed by atoms with E-state index in [1.54, 1.807) is 4.90 Å². The number of amides is 1. The van der Waals surface area contributed by atoms with Crippen molar-refractivity contribution in [2.45, 2.75) is 18.9 Å². The lowest BCUT2D eigenvalue weighted by Crippen LogP contribution is -2.45. The Kier molecular flexibility index (Phi) is 3.98. The van der Waals surface area contributed by atoms with Crippen LogP contribution in [0.2, 0.25) is 0 Å². The lowest BCUT2D eigenvalue weighted by atomic mass is 9.97. The Morgan fingerprint density at radius 3 is 2.94 bits per heavy atom. The van der Waals surface area contributed by atoms with Crippen molar-refractivity contribution in [2.24, 2.45) is 11.7 Å². The number of carbonyl (C=O) groups excluding carboxylic acids is 1. The number of thiophene rings is 1. The smallest absolute Gasteiger partial charge is 0.308 e. The minimum Gasteiger partial charge on any atom is -0.481 e. The molecule has 0 radical (unpaired) electrons. The van der Waals surface area contributed by atoms with Gasteiger partial charge in [-0.05, 0) is 24.3 Å². The normalized spacial score (nSPS) is 21.6. The number of rotatable bonds is 3. The molecule has 2 rings (SSSR count). The maximum Gasteiger partial charge on any atom is 0.308 e. The van der Waals surface area contributed by atoms with E-state index in [2.05, 4.69) is 0 Å². The number of piperidine rings is 1. The van der Waals surface area contributed by atoms with Gasteiger partial charge in [-0.1, -0.05) is 6.07 Å². The van der Waals surface area contributed by atoms with Crippen molar-refractivity contribution in [3.05, 3.63) is 22.4 Å². The van der Waals surface area contributed by atoms with Gasteiger partial charge in [-0.3, -0.25) is 9.59 Å². The van der Waals surface area contributed by atoms with Gasteiger partial charge in [0.1, 0.15) is 6.04 Å². The average Bonchev–Trinajstić information content (AvgIpc) is 2.91. The van der Waals surface area contributed by atoms with Crippen molar-refractivity contribution in [3.63, 3.8) is 0 Å². The Bertz CT molecular complexity index is 433. The van der Waals surface area contributed by atoms with Crippen LogP contribution in [0.3, 0.4) is 0 Å². The fourth-order valence-electron chi connectivity index (χ4n) is 2.17. The molecule has 98 valence electrons. The number of aliphatic carboxylic acids is 1. The van der Waals surface area contributed by atoms with E-state index >= 15 is 0 Å². The van der Waals surface area contributed by atoms with Gasteiger partial charge in [-0.25, -0.2) is 0 Å². The lowest BCUT2D eigenvalue weighted by Gasteiger charge is -2.32. The van der Waals surface area contributed by atoms with E-state index in [4.69, 9.17) is 10.8 Å². The predicted octanol–water partition coefficient (Wildman–Crippen LogP) is 1.07. The molecule has 3 N–H and O–H groups in total. The van der Waals surface area contributed by atoms with Crippen molar-refractivity contribution in [1.82, 2.24) is 4.90 Å². The molecule has 1 aliphatic heterocycles. The van der Waals surface area contributed by atoms with Gasteiger partial charge in [0.2, 0.25) is 5.91 Å². The number of hydrogen-bond donors (Lipinski definition) is 2. The Morgan fingerprint density at radius 2 is 2.33 bits per heavy atom. The molecular formula is C12H16N2O3S. The molecule has 1 aromatic rings. The minimum atomic E-state index is -0.836. The number of likely N-dealkylation sites (tertiary alicyclic amines) is 1. The van der Waals surface area contributed by atoms with Crippen LogP contribution >= 0.6 is 11.3 Å². The Balaban J connectivity index is 2.02. The van der Waals surface area contributed by atoms with Crippen LogP contribution in [0.15, 0.2) is 17.5 Å². The molecule has 0 saturated carbocycles. The third-order valence-corrected chi connectivity index (χ3v) is 4.15. The molecule has 1 aliphatic rings. The number of carboxylic acid groups (broad SMARTS) is 1. The predicted molar refractivity (Wildman–Crippen MR) is 68.2 cm³/mol. The summed E-state index contributed by atoms with van der Waals surface area (Å²) in [5.74, 6) is -1.47. The standard InChI is InChI=1S/C12H16N2O3S/c13-10(9-4-2-6-18-9)11(15)14-5-1-3-8(7-14)12(16)17/h2,4,6,8,10H,1,3,5,7,13H2,(H,16,17). The van der Waals surface area contributed by atoms with E-state index in [1.165, 1.54) is 11.3 Å². The number of nitrogens with two attached hydrogens (primary N) is 1. The van der Waals surface area contributed by atoms with E-state index in [9.17, 15) is 9.59 Å². The average molecular weight is 268 g/mol. The molecule has 1 saturated heterocycles. The fourth-order valence-corrected chi connectivity index (χ4v) is 2.88. The SMILES string of the molecule is NC(C(=O)N1CCCC(C(=O)O)C1)c1cccs1. The van der Waals surface area contributed by atoms with E-state index in [1.807, 2.05) is 17.5 Å². The second-order valence-corrected chi connectivity index (χ2v) is 5.43. The van der Waals surface area contributed by atoms with Crippen molar-refractivity contribution < 1.29 is 14.7 Å². The maximum atomic E-state index is 12.2. The summed E-state index contributed by atoms with van der Waals surface area (Å²) in [6.45, 7) is 0.870. The second-order valence-electron chi connectivity index (χ2n) is 4.45. The summed E-state index contributed by atoms with van der Waals surface area (Å²) in [6, 6.07) is 3.01. The summed E-state index contributed by atoms with van der Waals surface area (Å²) < 4.78 is 0. The summed E-state index contributed by atoms with van der Waals surface area (Å²) in [5.41, 5.74) is 5.91. The first kappa shape index (κ1) is 13.0. The zero-order valence-corrected chi connectivity index (χ0v) is 10.7. The van der Waals surface area contributed by atoms with Crippen molar-refractivity contribution in [3.8, 4) is 0 Å². The molecule has 0 aromatic carbocycles. The molecule has 2 heterocycles. The lowest BCUT2D eigenvalue weighted by molar-refractivity contribution is -0.146. The van der Waals surface area contributed by atoms with E-state index in [-0.39, 0.29) is 12.5 Å². The zero-order valence-electron chi connectivity index (χ0n) is 9.91. The maximum absolute atomic E-state index is 12.2. The molecule has 2 atom stereocenters. The monoisotopic (exact) mass is 268 g/mol. The van der Waals surface area contributed by atoms with Crippen molar-refractivity contribution in [1.29, 1.82) is 0 Å². The van der Waals surface area contributed by atoms with Crippen LogP contribution in [0, 0.1) is 5.92 Å². The molecular weight excluding hydrogens is 252 g/mol. The molecule has 1 fully saturated rings. The molecule has 0 aliphatic carbocycles.